The van der Waals surface area contributed by atoms with Gasteiger partial charge in [0.1, 0.15) is 11.5 Å². The van der Waals surface area contributed by atoms with Crippen LogP contribution in [0.1, 0.15) is 45.1 Å². The predicted octanol–water partition coefficient (Wildman–Crippen LogP) is 2.77. The summed E-state index contributed by atoms with van der Waals surface area (Å²) in [5.41, 5.74) is 0.152. The van der Waals surface area contributed by atoms with Crippen LogP contribution in [0, 0.1) is 0 Å². The summed E-state index contributed by atoms with van der Waals surface area (Å²) < 4.78 is 17.1. The lowest BCUT2D eigenvalue weighted by atomic mass is 10.1. The van der Waals surface area contributed by atoms with Crippen LogP contribution in [0.25, 0.3) is 0 Å². The average molecular weight is 577 g/mol. The van der Waals surface area contributed by atoms with E-state index < -0.39 is 5.60 Å². The number of ether oxygens (including phenoxy) is 3. The number of aliphatic imine (C=N–C) groups is 1. The Morgan fingerprint density at radius 2 is 1.97 bits per heavy atom. The van der Waals surface area contributed by atoms with Crippen LogP contribution in [0.15, 0.2) is 23.2 Å². The first-order chi connectivity index (χ1) is 15.5. The minimum atomic E-state index is -0.871. The summed E-state index contributed by atoms with van der Waals surface area (Å²) in [5.74, 6) is 2.31. The highest BCUT2D eigenvalue weighted by atomic mass is 127. The van der Waals surface area contributed by atoms with Crippen LogP contribution in [0.2, 0.25) is 0 Å². The molecule has 1 aromatic rings. The van der Waals surface area contributed by atoms with E-state index in [1.807, 2.05) is 32.0 Å². The highest BCUT2D eigenvalue weighted by Gasteiger charge is 2.25. The zero-order valence-corrected chi connectivity index (χ0v) is 22.6. The fourth-order valence-corrected chi connectivity index (χ4v) is 4.16. The number of β-amino-alcohol motifs (C(OH)–C–C–N with tert-alkyl or cyclic N) is 1. The monoisotopic (exact) mass is 576 g/mol. The number of methoxy groups -OCH3 is 1. The molecule has 0 radical (unpaired) electrons. The molecule has 33 heavy (non-hydrogen) atoms. The van der Waals surface area contributed by atoms with Gasteiger partial charge in [-0.3, -0.25) is 4.90 Å². The molecule has 1 aromatic carbocycles. The smallest absolute Gasteiger partial charge is 0.191 e. The molecule has 0 amide bonds. The summed E-state index contributed by atoms with van der Waals surface area (Å²) in [6.45, 7) is 9.27. The third-order valence-electron chi connectivity index (χ3n) is 5.93. The van der Waals surface area contributed by atoms with E-state index in [1.165, 1.54) is 12.8 Å². The van der Waals surface area contributed by atoms with Crippen molar-refractivity contribution in [3.8, 4) is 11.5 Å². The SMILES string of the molecule is CCNC(=NCc1ccc(OC)cc1OC1CCCC1)NCC(C)(O)CN1CCOCC1.I. The molecule has 1 saturated heterocycles. The number of halogens is 1. The Balaban J connectivity index is 0.00000385. The normalized spacial score (nSPS) is 19.5. The number of nitrogens with zero attached hydrogens (tertiary/aromatic N) is 2. The number of hydrogen-bond donors (Lipinski definition) is 3. The van der Waals surface area contributed by atoms with Gasteiger partial charge in [-0.25, -0.2) is 4.99 Å². The van der Waals surface area contributed by atoms with E-state index in [4.69, 9.17) is 19.2 Å². The maximum atomic E-state index is 10.9. The molecule has 1 atom stereocenters. The third kappa shape index (κ3) is 9.46. The summed E-state index contributed by atoms with van der Waals surface area (Å²) in [5, 5.41) is 17.4. The van der Waals surface area contributed by atoms with Crippen molar-refractivity contribution in [3.05, 3.63) is 23.8 Å². The van der Waals surface area contributed by atoms with Crippen LogP contribution in [0.3, 0.4) is 0 Å². The fraction of sp³-hybridized carbons (Fsp3) is 0.708. The molecule has 1 aliphatic carbocycles. The number of rotatable bonds is 10. The number of aliphatic hydroxyl groups is 1. The van der Waals surface area contributed by atoms with Crippen molar-refractivity contribution in [1.29, 1.82) is 0 Å². The van der Waals surface area contributed by atoms with Crippen molar-refractivity contribution in [2.75, 3.05) is 53.0 Å². The van der Waals surface area contributed by atoms with Gasteiger partial charge in [0, 0.05) is 44.4 Å². The Bertz CT molecular complexity index is 735. The second kappa shape index (κ2) is 14.2. The molecular formula is C24H41IN4O4. The van der Waals surface area contributed by atoms with Gasteiger partial charge in [-0.2, -0.15) is 0 Å². The van der Waals surface area contributed by atoms with E-state index >= 15 is 0 Å². The Kier molecular flexibility index (Phi) is 12.0. The van der Waals surface area contributed by atoms with E-state index in [2.05, 4.69) is 15.5 Å². The van der Waals surface area contributed by atoms with Crippen molar-refractivity contribution in [1.82, 2.24) is 15.5 Å². The summed E-state index contributed by atoms with van der Waals surface area (Å²) >= 11 is 0. The Morgan fingerprint density at radius 1 is 1.24 bits per heavy atom. The highest BCUT2D eigenvalue weighted by Crippen LogP contribution is 2.30. The van der Waals surface area contributed by atoms with E-state index in [-0.39, 0.29) is 30.1 Å². The zero-order valence-electron chi connectivity index (χ0n) is 20.3. The van der Waals surface area contributed by atoms with Crippen molar-refractivity contribution in [3.63, 3.8) is 0 Å². The van der Waals surface area contributed by atoms with Gasteiger partial charge in [0.15, 0.2) is 5.96 Å². The van der Waals surface area contributed by atoms with E-state index in [9.17, 15) is 5.11 Å². The lowest BCUT2D eigenvalue weighted by Gasteiger charge is -2.34. The van der Waals surface area contributed by atoms with Crippen molar-refractivity contribution < 1.29 is 19.3 Å². The van der Waals surface area contributed by atoms with Crippen LogP contribution < -0.4 is 20.1 Å². The van der Waals surface area contributed by atoms with Crippen molar-refractivity contribution in [2.45, 2.75) is 57.8 Å². The molecule has 8 nitrogen and oxygen atoms in total. The molecule has 1 saturated carbocycles. The molecular weight excluding hydrogens is 535 g/mol. The first kappa shape index (κ1) is 27.9. The zero-order chi connectivity index (χ0) is 22.8. The number of hydrogen-bond acceptors (Lipinski definition) is 6. The van der Waals surface area contributed by atoms with Gasteiger partial charge in [-0.1, -0.05) is 0 Å². The fourth-order valence-electron chi connectivity index (χ4n) is 4.16. The second-order valence-electron chi connectivity index (χ2n) is 8.93. The molecule has 1 unspecified atom stereocenters. The standard InChI is InChI=1S/C24H40N4O4.HI/c1-4-25-23(27-17-24(2,29)18-28-11-13-31-14-12-28)26-16-19-9-10-21(30-3)15-22(19)32-20-7-5-6-8-20;/h9-10,15,20,29H,4-8,11-14,16-18H2,1-3H3,(H2,25,26,27);1H. The van der Waals surface area contributed by atoms with Gasteiger partial charge in [-0.05, 0) is 51.7 Å². The van der Waals surface area contributed by atoms with Crippen LogP contribution in [-0.4, -0.2) is 80.7 Å². The molecule has 1 heterocycles. The van der Waals surface area contributed by atoms with Crippen LogP contribution in [-0.2, 0) is 11.3 Å². The molecule has 3 N–H and O–H groups in total. The molecule has 1 aliphatic heterocycles. The van der Waals surface area contributed by atoms with Gasteiger partial charge in [-0.15, -0.1) is 24.0 Å². The average Bonchev–Trinajstić information content (AvgIpc) is 3.30. The number of benzene rings is 1. The number of guanidine groups is 1. The quantitative estimate of drug-likeness (QED) is 0.224. The minimum absolute atomic E-state index is 0. The predicted molar refractivity (Wildman–Crippen MR) is 142 cm³/mol. The van der Waals surface area contributed by atoms with Crippen molar-refractivity contribution in [2.24, 2.45) is 4.99 Å². The first-order valence-electron chi connectivity index (χ1n) is 11.9. The summed E-state index contributed by atoms with van der Waals surface area (Å²) in [6.07, 6.45) is 4.92. The maximum absolute atomic E-state index is 10.9. The highest BCUT2D eigenvalue weighted by molar-refractivity contribution is 14.0. The molecule has 188 valence electrons. The molecule has 0 aromatic heterocycles. The van der Waals surface area contributed by atoms with Crippen LogP contribution in [0.4, 0.5) is 0 Å². The Labute approximate surface area is 215 Å². The minimum Gasteiger partial charge on any atom is -0.497 e. The second-order valence-corrected chi connectivity index (χ2v) is 8.93. The van der Waals surface area contributed by atoms with E-state index in [0.717, 1.165) is 62.8 Å². The van der Waals surface area contributed by atoms with Crippen LogP contribution >= 0.6 is 24.0 Å². The molecule has 0 bridgehead atoms. The van der Waals surface area contributed by atoms with E-state index in [1.54, 1.807) is 7.11 Å². The van der Waals surface area contributed by atoms with Gasteiger partial charge >= 0.3 is 0 Å². The molecule has 2 fully saturated rings. The summed E-state index contributed by atoms with van der Waals surface area (Å²) in [4.78, 5) is 6.99. The molecule has 3 rings (SSSR count). The van der Waals surface area contributed by atoms with Gasteiger partial charge in [0.25, 0.3) is 0 Å². The molecule has 2 aliphatic rings. The van der Waals surface area contributed by atoms with Gasteiger partial charge in [0.2, 0.25) is 0 Å². The van der Waals surface area contributed by atoms with E-state index in [0.29, 0.717) is 25.6 Å². The topological polar surface area (TPSA) is 87.6 Å². The van der Waals surface area contributed by atoms with Crippen LogP contribution in [0.5, 0.6) is 11.5 Å². The molecule has 9 heteroatoms. The summed E-state index contributed by atoms with van der Waals surface area (Å²) in [6, 6.07) is 5.92. The number of morpholine rings is 1. The summed E-state index contributed by atoms with van der Waals surface area (Å²) in [7, 11) is 1.67. The lowest BCUT2D eigenvalue weighted by Crippen LogP contribution is -2.52. The lowest BCUT2D eigenvalue weighted by molar-refractivity contribution is -0.0201. The first-order valence-corrected chi connectivity index (χ1v) is 11.9. The van der Waals surface area contributed by atoms with Crippen molar-refractivity contribution >= 4 is 29.9 Å². The maximum Gasteiger partial charge on any atom is 0.191 e. The Hall–Kier alpha value is -1.30. The third-order valence-corrected chi connectivity index (χ3v) is 5.93. The molecule has 0 spiro atoms. The van der Waals surface area contributed by atoms with Gasteiger partial charge in [0.05, 0.1) is 38.6 Å². The Morgan fingerprint density at radius 3 is 2.64 bits per heavy atom. The van der Waals surface area contributed by atoms with Gasteiger partial charge < -0.3 is 30.0 Å². The largest absolute Gasteiger partial charge is 0.497 e. The number of nitrogens with one attached hydrogen (secondary N) is 2.